The molecule has 0 heterocycles. The summed E-state index contributed by atoms with van der Waals surface area (Å²) in [7, 11) is 0. The largest absolute Gasteiger partial charge is 0.573 e. The number of nitrogens with two attached hydrogens (primary N) is 1. The van der Waals surface area contributed by atoms with Gasteiger partial charge in [-0.25, -0.2) is 0 Å². The number of aliphatic hydroxyl groups is 1. The third-order valence-electron chi connectivity index (χ3n) is 3.49. The van der Waals surface area contributed by atoms with Crippen molar-refractivity contribution in [2.24, 2.45) is 22.6 Å². The Morgan fingerprint density at radius 3 is 2.38 bits per heavy atom. The minimum absolute atomic E-state index is 0. The number of rotatable bonds is 9. The van der Waals surface area contributed by atoms with E-state index in [2.05, 4.69) is 28.9 Å². The van der Waals surface area contributed by atoms with Gasteiger partial charge in [0.1, 0.15) is 5.75 Å². The molecule has 5 nitrogen and oxygen atoms in total. The monoisotopic (exact) mass is 489 g/mol. The van der Waals surface area contributed by atoms with Crippen LogP contribution in [0.5, 0.6) is 5.75 Å². The van der Waals surface area contributed by atoms with E-state index < -0.39 is 6.36 Å². The molecule has 0 aliphatic rings. The molecular formula is C17H27F3IN3O2. The van der Waals surface area contributed by atoms with Gasteiger partial charge in [0.25, 0.3) is 0 Å². The van der Waals surface area contributed by atoms with Crippen LogP contribution in [-0.2, 0) is 6.42 Å². The molecule has 4 N–H and O–H groups in total. The van der Waals surface area contributed by atoms with Gasteiger partial charge < -0.3 is 20.9 Å². The van der Waals surface area contributed by atoms with Gasteiger partial charge >= 0.3 is 6.36 Å². The lowest BCUT2D eigenvalue weighted by atomic mass is 10.0. The maximum absolute atomic E-state index is 12.1. The van der Waals surface area contributed by atoms with Crippen LogP contribution in [0, 0.1) is 11.8 Å². The number of nitrogens with one attached hydrogen (secondary N) is 1. The summed E-state index contributed by atoms with van der Waals surface area (Å²) in [5, 5.41) is 12.5. The van der Waals surface area contributed by atoms with Gasteiger partial charge in [0.05, 0.1) is 0 Å². The minimum Gasteiger partial charge on any atom is -0.406 e. The van der Waals surface area contributed by atoms with E-state index >= 15 is 0 Å². The maximum atomic E-state index is 12.1. The van der Waals surface area contributed by atoms with E-state index in [4.69, 9.17) is 5.73 Å². The average Bonchev–Trinajstić information content (AvgIpc) is 2.51. The molecule has 0 aromatic heterocycles. The van der Waals surface area contributed by atoms with Gasteiger partial charge in [-0.3, -0.25) is 4.99 Å². The van der Waals surface area contributed by atoms with E-state index in [1.807, 2.05) is 0 Å². The number of aliphatic hydroxyl groups excluding tert-OH is 1. The topological polar surface area (TPSA) is 79.9 Å². The van der Waals surface area contributed by atoms with E-state index in [1.165, 1.54) is 24.3 Å². The molecule has 1 atom stereocenters. The van der Waals surface area contributed by atoms with Gasteiger partial charge in [-0.05, 0) is 36.5 Å². The summed E-state index contributed by atoms with van der Waals surface area (Å²) < 4.78 is 40.2. The first-order chi connectivity index (χ1) is 11.7. The summed E-state index contributed by atoms with van der Waals surface area (Å²) in [6, 6.07) is 5.58. The predicted molar refractivity (Wildman–Crippen MR) is 107 cm³/mol. The lowest BCUT2D eigenvalue weighted by molar-refractivity contribution is -0.274. The number of halogens is 4. The van der Waals surface area contributed by atoms with Gasteiger partial charge in [0, 0.05) is 25.6 Å². The lowest BCUT2D eigenvalue weighted by Gasteiger charge is -2.14. The molecule has 1 rings (SSSR count). The summed E-state index contributed by atoms with van der Waals surface area (Å²) in [5.41, 5.74) is 6.56. The second kappa shape index (κ2) is 12.2. The summed E-state index contributed by atoms with van der Waals surface area (Å²) in [4.78, 5) is 4.20. The van der Waals surface area contributed by atoms with Gasteiger partial charge in [-0.15, -0.1) is 37.1 Å². The average molecular weight is 489 g/mol. The second-order valence-corrected chi connectivity index (χ2v) is 6.28. The van der Waals surface area contributed by atoms with Gasteiger partial charge in [0.15, 0.2) is 5.96 Å². The van der Waals surface area contributed by atoms with Crippen LogP contribution in [0.2, 0.25) is 0 Å². The highest BCUT2D eigenvalue weighted by Crippen LogP contribution is 2.23. The highest BCUT2D eigenvalue weighted by atomic mass is 127. The van der Waals surface area contributed by atoms with Gasteiger partial charge in [-0.1, -0.05) is 26.0 Å². The fourth-order valence-electron chi connectivity index (χ4n) is 2.12. The van der Waals surface area contributed by atoms with Crippen LogP contribution in [0.25, 0.3) is 0 Å². The zero-order chi connectivity index (χ0) is 18.9. The van der Waals surface area contributed by atoms with Gasteiger partial charge in [0.2, 0.25) is 0 Å². The summed E-state index contributed by atoms with van der Waals surface area (Å²) in [6.07, 6.45) is -3.25. The molecule has 1 unspecified atom stereocenters. The number of guanidine groups is 1. The molecule has 9 heteroatoms. The molecule has 0 radical (unpaired) electrons. The van der Waals surface area contributed by atoms with Gasteiger partial charge in [-0.2, -0.15) is 0 Å². The SMILES string of the molecule is CC(C)CCNC(N)=NCC(CO)Cc1ccc(OC(F)(F)F)cc1.I. The van der Waals surface area contributed by atoms with Crippen LogP contribution < -0.4 is 15.8 Å². The van der Waals surface area contributed by atoms with Crippen molar-refractivity contribution in [3.05, 3.63) is 29.8 Å². The molecule has 0 aliphatic heterocycles. The second-order valence-electron chi connectivity index (χ2n) is 6.28. The number of hydrogen-bond donors (Lipinski definition) is 3. The third kappa shape index (κ3) is 11.4. The molecule has 0 aliphatic carbocycles. The zero-order valence-corrected chi connectivity index (χ0v) is 17.3. The highest BCUT2D eigenvalue weighted by Gasteiger charge is 2.30. The van der Waals surface area contributed by atoms with E-state index in [-0.39, 0.29) is 42.3 Å². The van der Waals surface area contributed by atoms with Crippen LogP contribution in [0.15, 0.2) is 29.3 Å². The van der Waals surface area contributed by atoms with Crippen LogP contribution in [0.4, 0.5) is 13.2 Å². The molecule has 0 fully saturated rings. The zero-order valence-electron chi connectivity index (χ0n) is 14.9. The van der Waals surface area contributed by atoms with Crippen molar-refractivity contribution in [3.63, 3.8) is 0 Å². The van der Waals surface area contributed by atoms with E-state index in [0.717, 1.165) is 18.5 Å². The van der Waals surface area contributed by atoms with Crippen LogP contribution in [-0.4, -0.2) is 37.1 Å². The van der Waals surface area contributed by atoms with Crippen molar-refractivity contribution in [2.45, 2.75) is 33.1 Å². The van der Waals surface area contributed by atoms with Crippen molar-refractivity contribution < 1.29 is 23.0 Å². The molecule has 1 aromatic carbocycles. The first-order valence-corrected chi connectivity index (χ1v) is 8.19. The number of alkyl halides is 3. The molecule has 0 saturated carbocycles. The van der Waals surface area contributed by atoms with Crippen molar-refractivity contribution in [3.8, 4) is 5.75 Å². The Bertz CT molecular complexity index is 537. The number of aliphatic imine (C=N–C) groups is 1. The first-order valence-electron chi connectivity index (χ1n) is 8.19. The van der Waals surface area contributed by atoms with Crippen molar-refractivity contribution in [1.82, 2.24) is 5.32 Å². The summed E-state index contributed by atoms with van der Waals surface area (Å²) in [5.74, 6) is 0.455. The molecule has 26 heavy (non-hydrogen) atoms. The number of ether oxygens (including phenoxy) is 1. The Hall–Kier alpha value is -1.23. The smallest absolute Gasteiger partial charge is 0.406 e. The highest BCUT2D eigenvalue weighted by molar-refractivity contribution is 14.0. The molecule has 0 spiro atoms. The number of hydrogen-bond acceptors (Lipinski definition) is 3. The first kappa shape index (κ1) is 24.8. The molecule has 1 aromatic rings. The van der Waals surface area contributed by atoms with Crippen LogP contribution >= 0.6 is 24.0 Å². The normalized spacial score (nSPS) is 13.3. The maximum Gasteiger partial charge on any atom is 0.573 e. The number of benzene rings is 1. The fourth-order valence-corrected chi connectivity index (χ4v) is 2.12. The molecule has 150 valence electrons. The van der Waals surface area contributed by atoms with Crippen molar-refractivity contribution in [2.75, 3.05) is 19.7 Å². The van der Waals surface area contributed by atoms with Crippen molar-refractivity contribution >= 4 is 29.9 Å². The minimum atomic E-state index is -4.70. The Morgan fingerprint density at radius 1 is 1.27 bits per heavy atom. The van der Waals surface area contributed by atoms with E-state index in [9.17, 15) is 18.3 Å². The number of nitrogens with zero attached hydrogens (tertiary/aromatic N) is 1. The van der Waals surface area contributed by atoms with Crippen LogP contribution in [0.1, 0.15) is 25.8 Å². The summed E-state index contributed by atoms with van der Waals surface area (Å²) in [6.45, 7) is 5.20. The van der Waals surface area contributed by atoms with Crippen LogP contribution in [0.3, 0.4) is 0 Å². The quantitative estimate of drug-likeness (QED) is 0.283. The van der Waals surface area contributed by atoms with Crippen molar-refractivity contribution in [1.29, 1.82) is 0 Å². The molecule has 0 amide bonds. The Kier molecular flexibility index (Phi) is 11.6. The fraction of sp³-hybridized carbons (Fsp3) is 0.588. The Balaban J connectivity index is 0.00000625. The lowest BCUT2D eigenvalue weighted by Crippen LogP contribution is -2.33. The molecule has 0 saturated heterocycles. The Morgan fingerprint density at radius 2 is 1.88 bits per heavy atom. The molecule has 0 bridgehead atoms. The molecular weight excluding hydrogens is 462 g/mol. The predicted octanol–water partition coefficient (Wildman–Crippen LogP) is 3.30. The third-order valence-corrected chi connectivity index (χ3v) is 3.49. The Labute approximate surface area is 169 Å². The van der Waals surface area contributed by atoms with E-state index in [0.29, 0.717) is 24.8 Å². The summed E-state index contributed by atoms with van der Waals surface area (Å²) >= 11 is 0. The standard InChI is InChI=1S/C17H26F3N3O2.HI/c1-12(2)7-8-22-16(21)23-10-14(11-24)9-13-3-5-15(6-4-13)25-17(18,19)20;/h3-6,12,14,24H,7-11H2,1-2H3,(H3,21,22,23);1H. The van der Waals surface area contributed by atoms with E-state index in [1.54, 1.807) is 0 Å².